The summed E-state index contributed by atoms with van der Waals surface area (Å²) in [6, 6.07) is 10.5. The fourth-order valence-corrected chi connectivity index (χ4v) is 6.04. The van der Waals surface area contributed by atoms with Crippen molar-refractivity contribution in [2.75, 3.05) is 18.4 Å². The monoisotopic (exact) mass is 486 g/mol. The maximum atomic E-state index is 13.4. The summed E-state index contributed by atoms with van der Waals surface area (Å²) in [5.41, 5.74) is 1.92. The summed E-state index contributed by atoms with van der Waals surface area (Å²) in [7, 11) is -3.73. The molecule has 7 nitrogen and oxygen atoms in total. The van der Waals surface area contributed by atoms with Gasteiger partial charge in [0.2, 0.25) is 10.0 Å². The van der Waals surface area contributed by atoms with Gasteiger partial charge in [-0.15, -0.1) is 11.3 Å². The number of hydrogen-bond donors (Lipinski definition) is 1. The van der Waals surface area contributed by atoms with Gasteiger partial charge in [-0.25, -0.2) is 17.8 Å². The highest BCUT2D eigenvalue weighted by molar-refractivity contribution is 7.89. The number of carbonyl (C=O) groups excluding carboxylic acids is 1. The van der Waals surface area contributed by atoms with Crippen LogP contribution < -0.4 is 5.32 Å². The van der Waals surface area contributed by atoms with Crippen molar-refractivity contribution in [3.63, 3.8) is 0 Å². The molecule has 0 saturated heterocycles. The minimum Gasteiger partial charge on any atom is -0.306 e. The number of carbonyl (C=O) groups is 1. The Balaban J connectivity index is 1.73. The van der Waals surface area contributed by atoms with Gasteiger partial charge in [-0.3, -0.25) is 9.20 Å². The molecular weight excluding hydrogens is 463 g/mol. The maximum Gasteiger partial charge on any atom is 0.256 e. The van der Waals surface area contributed by atoms with Crippen LogP contribution in [0.1, 0.15) is 29.8 Å². The predicted octanol–water partition coefficient (Wildman–Crippen LogP) is 4.79. The lowest BCUT2D eigenvalue weighted by Crippen LogP contribution is -2.31. The van der Waals surface area contributed by atoms with Crippen LogP contribution in [0.15, 0.2) is 58.9 Å². The molecule has 0 saturated carbocycles. The van der Waals surface area contributed by atoms with Gasteiger partial charge in [0.15, 0.2) is 4.96 Å². The smallest absolute Gasteiger partial charge is 0.256 e. The van der Waals surface area contributed by atoms with E-state index in [1.165, 1.54) is 33.8 Å². The van der Waals surface area contributed by atoms with Crippen LogP contribution in [0, 0.1) is 12.7 Å². The van der Waals surface area contributed by atoms with E-state index >= 15 is 0 Å². The number of fused-ring (bicyclic) bond motifs is 1. The second-order valence-electron chi connectivity index (χ2n) is 7.40. The van der Waals surface area contributed by atoms with Crippen molar-refractivity contribution >= 4 is 38.0 Å². The lowest BCUT2D eigenvalue weighted by Gasteiger charge is -2.20. The van der Waals surface area contributed by atoms with E-state index in [4.69, 9.17) is 0 Å². The number of halogens is 1. The number of nitrogens with one attached hydrogen (secondary N) is 1. The first kappa shape index (κ1) is 23.1. The minimum atomic E-state index is -3.73. The molecule has 10 heteroatoms. The fraction of sp³-hybridized carbons (Fsp3) is 0.217. The molecule has 0 aliphatic carbocycles. The Bertz CT molecular complexity index is 1420. The van der Waals surface area contributed by atoms with Crippen molar-refractivity contribution in [2.24, 2.45) is 0 Å². The number of aryl methyl sites for hydroxylation is 1. The van der Waals surface area contributed by atoms with Gasteiger partial charge in [0.25, 0.3) is 5.91 Å². The average molecular weight is 487 g/mol. The summed E-state index contributed by atoms with van der Waals surface area (Å²) in [4.78, 5) is 18.5. The van der Waals surface area contributed by atoms with E-state index in [1.807, 2.05) is 5.38 Å². The van der Waals surface area contributed by atoms with Crippen molar-refractivity contribution in [3.05, 3.63) is 71.0 Å². The maximum absolute atomic E-state index is 13.4. The number of benzene rings is 2. The van der Waals surface area contributed by atoms with E-state index in [0.717, 1.165) is 0 Å². The first-order chi connectivity index (χ1) is 15.8. The molecule has 0 unspecified atom stereocenters. The van der Waals surface area contributed by atoms with Crippen molar-refractivity contribution in [3.8, 4) is 11.3 Å². The Morgan fingerprint density at radius 1 is 1.15 bits per heavy atom. The van der Waals surface area contributed by atoms with Gasteiger partial charge in [0.05, 0.1) is 4.90 Å². The van der Waals surface area contributed by atoms with Crippen LogP contribution in [0.3, 0.4) is 0 Å². The highest BCUT2D eigenvalue weighted by atomic mass is 32.2. The summed E-state index contributed by atoms with van der Waals surface area (Å²) in [6.45, 7) is 5.92. The van der Waals surface area contributed by atoms with Crippen molar-refractivity contribution in [2.45, 2.75) is 25.7 Å². The quantitative estimate of drug-likeness (QED) is 0.407. The Morgan fingerprint density at radius 3 is 2.52 bits per heavy atom. The molecule has 1 amide bonds. The van der Waals surface area contributed by atoms with Gasteiger partial charge in [0.1, 0.15) is 17.3 Å². The van der Waals surface area contributed by atoms with Gasteiger partial charge in [0, 0.05) is 35.8 Å². The number of anilines is 1. The summed E-state index contributed by atoms with van der Waals surface area (Å²) < 4.78 is 42.6. The van der Waals surface area contributed by atoms with E-state index in [0.29, 0.717) is 40.7 Å². The molecular formula is C23H23FN4O3S2. The van der Waals surface area contributed by atoms with Gasteiger partial charge >= 0.3 is 0 Å². The first-order valence-corrected chi connectivity index (χ1v) is 12.7. The van der Waals surface area contributed by atoms with Crippen LogP contribution in [0.4, 0.5) is 10.2 Å². The van der Waals surface area contributed by atoms with E-state index in [1.54, 1.807) is 55.6 Å². The van der Waals surface area contributed by atoms with Crippen molar-refractivity contribution < 1.29 is 17.6 Å². The molecule has 1 N–H and O–H groups in total. The molecule has 2 aromatic heterocycles. The molecule has 172 valence electrons. The number of aromatic nitrogens is 2. The third kappa shape index (κ3) is 4.29. The number of amides is 1. The first-order valence-electron chi connectivity index (χ1n) is 10.4. The lowest BCUT2D eigenvalue weighted by molar-refractivity contribution is 0.102. The lowest BCUT2D eigenvalue weighted by atomic mass is 10.1. The van der Waals surface area contributed by atoms with Crippen LogP contribution in [-0.4, -0.2) is 41.1 Å². The Hall–Kier alpha value is -3.08. The highest BCUT2D eigenvalue weighted by Crippen LogP contribution is 2.31. The molecule has 0 radical (unpaired) electrons. The van der Waals surface area contributed by atoms with E-state index in [-0.39, 0.29) is 16.3 Å². The summed E-state index contributed by atoms with van der Waals surface area (Å²) in [6.07, 6.45) is 1.78. The zero-order valence-corrected chi connectivity index (χ0v) is 20.0. The topological polar surface area (TPSA) is 83.8 Å². The predicted molar refractivity (Wildman–Crippen MR) is 128 cm³/mol. The van der Waals surface area contributed by atoms with Gasteiger partial charge < -0.3 is 5.32 Å². The fourth-order valence-electron chi connectivity index (χ4n) is 3.62. The van der Waals surface area contributed by atoms with E-state index < -0.39 is 15.9 Å². The molecule has 0 fully saturated rings. The standard InChI is InChI=1S/C23H23FN4O3S2/c1-4-27(5-2)33(30,31)19-14-17(7-6-15(19)3)22(29)26-21-20(16-8-10-18(24)11-9-16)25-23-28(21)12-13-32-23/h6-14H,4-5H2,1-3H3,(H,26,29). The van der Waals surface area contributed by atoms with Gasteiger partial charge in [-0.1, -0.05) is 19.9 Å². The number of thiazole rings is 1. The van der Waals surface area contributed by atoms with Gasteiger partial charge in [-0.05, 0) is 48.9 Å². The second-order valence-corrected chi connectivity index (χ2v) is 10.2. The Kier molecular flexibility index (Phi) is 6.33. The normalized spacial score (nSPS) is 11.9. The van der Waals surface area contributed by atoms with Crippen LogP contribution in [0.5, 0.6) is 0 Å². The molecule has 2 aromatic carbocycles. The SMILES string of the molecule is CCN(CC)S(=O)(=O)c1cc(C(=O)Nc2c(-c3ccc(F)cc3)nc3sccn23)ccc1C. The summed E-state index contributed by atoms with van der Waals surface area (Å²) in [5, 5.41) is 4.71. The van der Waals surface area contributed by atoms with Crippen molar-refractivity contribution in [1.82, 2.24) is 13.7 Å². The number of nitrogens with zero attached hydrogens (tertiary/aromatic N) is 3. The number of rotatable bonds is 7. The Labute approximate surface area is 195 Å². The van der Waals surface area contributed by atoms with E-state index in [9.17, 15) is 17.6 Å². The summed E-state index contributed by atoms with van der Waals surface area (Å²) >= 11 is 1.40. The third-order valence-electron chi connectivity index (χ3n) is 5.39. The molecule has 0 spiro atoms. The van der Waals surface area contributed by atoms with Crippen LogP contribution in [0.2, 0.25) is 0 Å². The van der Waals surface area contributed by atoms with Gasteiger partial charge in [-0.2, -0.15) is 4.31 Å². The number of imidazole rings is 1. The molecule has 0 bridgehead atoms. The highest BCUT2D eigenvalue weighted by Gasteiger charge is 2.25. The minimum absolute atomic E-state index is 0.103. The molecule has 0 aliphatic heterocycles. The number of sulfonamides is 1. The Morgan fingerprint density at radius 2 is 1.85 bits per heavy atom. The second kappa shape index (κ2) is 9.05. The number of hydrogen-bond acceptors (Lipinski definition) is 5. The van der Waals surface area contributed by atoms with Crippen molar-refractivity contribution in [1.29, 1.82) is 0 Å². The summed E-state index contributed by atoms with van der Waals surface area (Å²) in [5.74, 6) is -0.411. The average Bonchev–Trinajstić information content (AvgIpc) is 3.38. The molecule has 33 heavy (non-hydrogen) atoms. The molecule has 4 aromatic rings. The zero-order chi connectivity index (χ0) is 23.8. The largest absolute Gasteiger partial charge is 0.306 e. The third-order valence-corrected chi connectivity index (χ3v) is 8.33. The molecule has 0 aliphatic rings. The van der Waals surface area contributed by atoms with E-state index in [2.05, 4.69) is 10.3 Å². The zero-order valence-electron chi connectivity index (χ0n) is 18.4. The van der Waals surface area contributed by atoms with Crippen LogP contribution in [0.25, 0.3) is 16.2 Å². The molecule has 0 atom stereocenters. The molecule has 4 rings (SSSR count). The van der Waals surface area contributed by atoms with Crippen LogP contribution >= 0.6 is 11.3 Å². The molecule has 2 heterocycles. The van der Waals surface area contributed by atoms with Crippen LogP contribution in [-0.2, 0) is 10.0 Å².